The van der Waals surface area contributed by atoms with Gasteiger partial charge in [0.25, 0.3) is 0 Å². The molecule has 0 radical (unpaired) electrons. The van der Waals surface area contributed by atoms with Gasteiger partial charge >= 0.3 is 0 Å². The molecular formula is C20H22N2O2. The number of rotatable bonds is 6. The second-order valence-electron chi connectivity index (χ2n) is 5.75. The van der Waals surface area contributed by atoms with Crippen molar-refractivity contribution in [1.29, 1.82) is 0 Å². The number of nitrogens with one attached hydrogen (secondary N) is 2. The van der Waals surface area contributed by atoms with Crippen LogP contribution in [0.5, 0.6) is 0 Å². The third-order valence-corrected chi connectivity index (χ3v) is 3.51. The Labute approximate surface area is 142 Å². The lowest BCUT2D eigenvalue weighted by molar-refractivity contribution is -0.121. The van der Waals surface area contributed by atoms with E-state index in [1.807, 2.05) is 54.6 Å². The highest BCUT2D eigenvalue weighted by molar-refractivity contribution is 5.98. The van der Waals surface area contributed by atoms with Crippen LogP contribution in [0.1, 0.15) is 30.9 Å². The van der Waals surface area contributed by atoms with Gasteiger partial charge in [0.1, 0.15) is 0 Å². The van der Waals surface area contributed by atoms with E-state index in [2.05, 4.69) is 24.5 Å². The molecule has 0 atom stereocenters. The molecule has 2 N–H and O–H groups in total. The van der Waals surface area contributed by atoms with E-state index in [4.69, 9.17) is 0 Å². The lowest BCUT2D eigenvalue weighted by Gasteiger charge is -2.13. The van der Waals surface area contributed by atoms with Crippen LogP contribution in [-0.2, 0) is 9.59 Å². The van der Waals surface area contributed by atoms with Crippen LogP contribution in [-0.4, -0.2) is 18.4 Å². The van der Waals surface area contributed by atoms with E-state index in [0.717, 1.165) is 16.8 Å². The fraction of sp³-hybridized carbons (Fsp3) is 0.200. The molecule has 0 saturated heterocycles. The van der Waals surface area contributed by atoms with Gasteiger partial charge in [0.2, 0.25) is 11.8 Å². The van der Waals surface area contributed by atoms with Crippen molar-refractivity contribution in [3.8, 4) is 0 Å². The third kappa shape index (κ3) is 5.39. The Balaban J connectivity index is 1.85. The van der Waals surface area contributed by atoms with Gasteiger partial charge in [-0.25, -0.2) is 0 Å². The van der Waals surface area contributed by atoms with Gasteiger partial charge in [-0.3, -0.25) is 9.59 Å². The summed E-state index contributed by atoms with van der Waals surface area (Å²) < 4.78 is 0. The highest BCUT2D eigenvalue weighted by atomic mass is 16.2. The van der Waals surface area contributed by atoms with E-state index in [-0.39, 0.29) is 18.4 Å². The van der Waals surface area contributed by atoms with Crippen LogP contribution in [0.4, 0.5) is 5.69 Å². The molecule has 4 heteroatoms. The topological polar surface area (TPSA) is 58.2 Å². The van der Waals surface area contributed by atoms with E-state index in [1.165, 1.54) is 6.08 Å². The van der Waals surface area contributed by atoms with Crippen molar-refractivity contribution in [2.24, 2.45) is 0 Å². The first-order chi connectivity index (χ1) is 11.6. The van der Waals surface area contributed by atoms with Gasteiger partial charge in [0, 0.05) is 11.8 Å². The van der Waals surface area contributed by atoms with Gasteiger partial charge in [-0.1, -0.05) is 62.4 Å². The molecule has 0 aromatic heterocycles. The molecule has 124 valence electrons. The summed E-state index contributed by atoms with van der Waals surface area (Å²) in [6.07, 6.45) is 3.13. The average molecular weight is 322 g/mol. The minimum absolute atomic E-state index is 0.0651. The number of carbonyl (C=O) groups excluding carboxylic acids is 2. The quantitative estimate of drug-likeness (QED) is 0.799. The van der Waals surface area contributed by atoms with Crippen molar-refractivity contribution in [1.82, 2.24) is 5.32 Å². The predicted molar refractivity (Wildman–Crippen MR) is 97.6 cm³/mol. The first-order valence-corrected chi connectivity index (χ1v) is 7.96. The molecule has 0 aliphatic heterocycles. The van der Waals surface area contributed by atoms with Crippen molar-refractivity contribution < 1.29 is 9.59 Å². The van der Waals surface area contributed by atoms with Gasteiger partial charge in [-0.2, -0.15) is 0 Å². The summed E-state index contributed by atoms with van der Waals surface area (Å²) >= 11 is 0. The molecule has 2 aromatic rings. The summed E-state index contributed by atoms with van der Waals surface area (Å²) in [5, 5.41) is 5.43. The van der Waals surface area contributed by atoms with Crippen molar-refractivity contribution >= 4 is 23.6 Å². The molecule has 2 aromatic carbocycles. The molecule has 0 aliphatic carbocycles. The largest absolute Gasteiger partial charge is 0.343 e. The Kier molecular flexibility index (Phi) is 6.32. The standard InChI is InChI=1S/C20H22N2O2/c1-15(2)17-10-6-7-11-18(17)22-20(24)14-21-19(23)13-12-16-8-4-3-5-9-16/h3-13,15H,14H2,1-2H3,(H,21,23)(H,22,24)/b13-12+. The maximum atomic E-state index is 12.0. The zero-order chi connectivity index (χ0) is 17.4. The van der Waals surface area contributed by atoms with Crippen molar-refractivity contribution in [2.75, 3.05) is 11.9 Å². The average Bonchev–Trinajstić information content (AvgIpc) is 2.59. The Morgan fingerprint density at radius 3 is 2.38 bits per heavy atom. The highest BCUT2D eigenvalue weighted by Gasteiger charge is 2.09. The number of benzene rings is 2. The monoisotopic (exact) mass is 322 g/mol. The summed E-state index contributed by atoms with van der Waals surface area (Å²) in [7, 11) is 0. The van der Waals surface area contributed by atoms with E-state index in [1.54, 1.807) is 6.08 Å². The molecule has 24 heavy (non-hydrogen) atoms. The van der Waals surface area contributed by atoms with E-state index in [0.29, 0.717) is 5.92 Å². The number of hydrogen-bond donors (Lipinski definition) is 2. The number of para-hydroxylation sites is 1. The van der Waals surface area contributed by atoms with E-state index >= 15 is 0 Å². The van der Waals surface area contributed by atoms with Crippen LogP contribution < -0.4 is 10.6 Å². The summed E-state index contributed by atoms with van der Waals surface area (Å²) in [6.45, 7) is 4.08. The smallest absolute Gasteiger partial charge is 0.244 e. The Bertz CT molecular complexity index is 721. The maximum Gasteiger partial charge on any atom is 0.244 e. The number of anilines is 1. The number of amides is 2. The Hall–Kier alpha value is -2.88. The Morgan fingerprint density at radius 1 is 1.00 bits per heavy atom. The predicted octanol–water partition coefficient (Wildman–Crippen LogP) is 3.58. The second kappa shape index (κ2) is 8.67. The van der Waals surface area contributed by atoms with E-state index < -0.39 is 0 Å². The van der Waals surface area contributed by atoms with Gasteiger partial charge in [-0.05, 0) is 29.2 Å². The fourth-order valence-corrected chi connectivity index (χ4v) is 2.27. The molecule has 0 heterocycles. The molecule has 0 saturated carbocycles. The van der Waals surface area contributed by atoms with Crippen LogP contribution in [0, 0.1) is 0 Å². The molecular weight excluding hydrogens is 300 g/mol. The fourth-order valence-electron chi connectivity index (χ4n) is 2.27. The zero-order valence-electron chi connectivity index (χ0n) is 14.0. The van der Waals surface area contributed by atoms with Crippen LogP contribution in [0.25, 0.3) is 6.08 Å². The van der Waals surface area contributed by atoms with Crippen molar-refractivity contribution in [3.63, 3.8) is 0 Å². The Morgan fingerprint density at radius 2 is 1.67 bits per heavy atom. The summed E-state index contributed by atoms with van der Waals surface area (Å²) in [5.74, 6) is -0.236. The first kappa shape index (κ1) is 17.5. The zero-order valence-corrected chi connectivity index (χ0v) is 14.0. The van der Waals surface area contributed by atoms with Crippen molar-refractivity contribution in [2.45, 2.75) is 19.8 Å². The maximum absolute atomic E-state index is 12.0. The minimum atomic E-state index is -0.300. The highest BCUT2D eigenvalue weighted by Crippen LogP contribution is 2.23. The number of hydrogen-bond acceptors (Lipinski definition) is 2. The van der Waals surface area contributed by atoms with Crippen LogP contribution in [0.3, 0.4) is 0 Å². The van der Waals surface area contributed by atoms with E-state index in [9.17, 15) is 9.59 Å². The SMILES string of the molecule is CC(C)c1ccccc1NC(=O)CNC(=O)/C=C/c1ccccc1. The third-order valence-electron chi connectivity index (χ3n) is 3.51. The van der Waals surface area contributed by atoms with Gasteiger partial charge in [-0.15, -0.1) is 0 Å². The molecule has 0 spiro atoms. The van der Waals surface area contributed by atoms with Gasteiger partial charge in [0.15, 0.2) is 0 Å². The normalized spacial score (nSPS) is 10.8. The van der Waals surface area contributed by atoms with Crippen molar-refractivity contribution in [3.05, 3.63) is 71.8 Å². The molecule has 0 unspecified atom stereocenters. The second-order valence-corrected chi connectivity index (χ2v) is 5.75. The molecule has 4 nitrogen and oxygen atoms in total. The minimum Gasteiger partial charge on any atom is -0.343 e. The summed E-state index contributed by atoms with van der Waals surface area (Å²) in [6, 6.07) is 17.2. The number of carbonyl (C=O) groups is 2. The van der Waals surface area contributed by atoms with Crippen LogP contribution >= 0.6 is 0 Å². The molecule has 2 amide bonds. The molecule has 2 rings (SSSR count). The summed E-state index contributed by atoms with van der Waals surface area (Å²) in [5.41, 5.74) is 2.79. The lowest BCUT2D eigenvalue weighted by atomic mass is 10.0. The van der Waals surface area contributed by atoms with Crippen LogP contribution in [0.2, 0.25) is 0 Å². The molecule has 0 bridgehead atoms. The summed E-state index contributed by atoms with van der Waals surface area (Å²) in [4.78, 5) is 23.8. The van der Waals surface area contributed by atoms with Gasteiger partial charge < -0.3 is 10.6 Å². The molecule has 0 aliphatic rings. The van der Waals surface area contributed by atoms with Crippen LogP contribution in [0.15, 0.2) is 60.7 Å². The first-order valence-electron chi connectivity index (χ1n) is 7.96. The van der Waals surface area contributed by atoms with Gasteiger partial charge in [0.05, 0.1) is 6.54 Å². The molecule has 0 fully saturated rings. The lowest BCUT2D eigenvalue weighted by Crippen LogP contribution is -2.32.